The molecule has 0 bridgehead atoms. The standard InChI is InChI=1S/C28H24N2O3/c1-32-27-17-20(14-15-26(27)33-22-10-3-2-4-11-22)19-30-25(18-21-9-7-8-16-29-21)23-12-5-6-13-24(23)28(30)31/h2-17,25H,18-19H2,1H3. The molecule has 2 heterocycles. The van der Waals surface area contributed by atoms with Crippen molar-refractivity contribution < 1.29 is 14.3 Å². The van der Waals surface area contributed by atoms with Gasteiger partial charge in [-0.2, -0.15) is 0 Å². The van der Waals surface area contributed by atoms with Crippen molar-refractivity contribution in [1.29, 1.82) is 0 Å². The zero-order chi connectivity index (χ0) is 22.6. The number of amides is 1. The van der Waals surface area contributed by atoms with E-state index in [2.05, 4.69) is 4.98 Å². The summed E-state index contributed by atoms with van der Waals surface area (Å²) in [5.41, 5.74) is 3.74. The number of aromatic nitrogens is 1. The van der Waals surface area contributed by atoms with Crippen molar-refractivity contribution in [1.82, 2.24) is 9.88 Å². The van der Waals surface area contributed by atoms with Crippen LogP contribution in [0.1, 0.15) is 33.2 Å². The zero-order valence-electron chi connectivity index (χ0n) is 18.3. The summed E-state index contributed by atoms with van der Waals surface area (Å²) in [7, 11) is 1.62. The highest BCUT2D eigenvalue weighted by molar-refractivity contribution is 5.99. The summed E-state index contributed by atoms with van der Waals surface area (Å²) in [6.07, 6.45) is 2.45. The van der Waals surface area contributed by atoms with Crippen molar-refractivity contribution >= 4 is 5.91 Å². The van der Waals surface area contributed by atoms with Gasteiger partial charge in [-0.05, 0) is 53.6 Å². The summed E-state index contributed by atoms with van der Waals surface area (Å²) in [5.74, 6) is 2.04. The first-order valence-electron chi connectivity index (χ1n) is 10.9. The second-order valence-electron chi connectivity index (χ2n) is 7.96. The van der Waals surface area contributed by atoms with Gasteiger partial charge in [0.15, 0.2) is 11.5 Å². The fraction of sp³-hybridized carbons (Fsp3) is 0.143. The number of methoxy groups -OCH3 is 1. The first-order valence-corrected chi connectivity index (χ1v) is 10.9. The highest BCUT2D eigenvalue weighted by Crippen LogP contribution is 2.38. The molecule has 1 atom stereocenters. The summed E-state index contributed by atoms with van der Waals surface area (Å²) in [6.45, 7) is 0.465. The van der Waals surface area contributed by atoms with E-state index < -0.39 is 0 Å². The van der Waals surface area contributed by atoms with Crippen molar-refractivity contribution in [2.75, 3.05) is 7.11 Å². The van der Waals surface area contributed by atoms with E-state index >= 15 is 0 Å². The van der Waals surface area contributed by atoms with Gasteiger partial charge in [-0.15, -0.1) is 0 Å². The van der Waals surface area contributed by atoms with Gasteiger partial charge < -0.3 is 14.4 Å². The van der Waals surface area contributed by atoms with Crippen LogP contribution in [0.4, 0.5) is 0 Å². The normalized spacial score (nSPS) is 14.8. The number of fused-ring (bicyclic) bond motifs is 1. The molecule has 33 heavy (non-hydrogen) atoms. The van der Waals surface area contributed by atoms with Gasteiger partial charge in [-0.3, -0.25) is 9.78 Å². The molecule has 0 aliphatic carbocycles. The molecule has 5 heteroatoms. The second kappa shape index (κ2) is 9.17. The van der Waals surface area contributed by atoms with E-state index in [1.807, 2.05) is 95.9 Å². The quantitative estimate of drug-likeness (QED) is 0.366. The monoisotopic (exact) mass is 436 g/mol. The van der Waals surface area contributed by atoms with Crippen LogP contribution in [-0.4, -0.2) is 22.9 Å². The summed E-state index contributed by atoms with van der Waals surface area (Å²) >= 11 is 0. The first kappa shape index (κ1) is 20.8. The number of ether oxygens (including phenoxy) is 2. The fourth-order valence-electron chi connectivity index (χ4n) is 4.27. The summed E-state index contributed by atoms with van der Waals surface area (Å²) in [6, 6.07) is 29.1. The van der Waals surface area contributed by atoms with Crippen LogP contribution < -0.4 is 9.47 Å². The molecule has 0 N–H and O–H groups in total. The molecule has 0 radical (unpaired) electrons. The predicted octanol–water partition coefficient (Wildman–Crippen LogP) is 5.82. The minimum absolute atomic E-state index is 0.0371. The number of nitrogens with zero attached hydrogens (tertiary/aromatic N) is 2. The van der Waals surface area contributed by atoms with Gasteiger partial charge in [0.1, 0.15) is 5.75 Å². The molecule has 1 aromatic heterocycles. The number of carbonyl (C=O) groups is 1. The molecule has 0 spiro atoms. The van der Waals surface area contributed by atoms with E-state index in [-0.39, 0.29) is 11.9 Å². The lowest BCUT2D eigenvalue weighted by Crippen LogP contribution is -2.29. The van der Waals surface area contributed by atoms with Crippen LogP contribution in [0.3, 0.4) is 0 Å². The van der Waals surface area contributed by atoms with Crippen LogP contribution in [0.25, 0.3) is 0 Å². The number of pyridine rings is 1. The Hall–Kier alpha value is -4.12. The maximum atomic E-state index is 13.3. The first-order chi connectivity index (χ1) is 16.2. The minimum Gasteiger partial charge on any atom is -0.493 e. The van der Waals surface area contributed by atoms with Gasteiger partial charge in [0, 0.05) is 30.4 Å². The van der Waals surface area contributed by atoms with E-state index in [1.165, 1.54) is 0 Å². The molecule has 5 rings (SSSR count). The van der Waals surface area contributed by atoms with Crippen LogP contribution in [0.15, 0.2) is 97.2 Å². The van der Waals surface area contributed by atoms with Crippen LogP contribution in [0.5, 0.6) is 17.2 Å². The lowest BCUT2D eigenvalue weighted by molar-refractivity contribution is 0.0708. The van der Waals surface area contributed by atoms with E-state index in [1.54, 1.807) is 13.3 Å². The van der Waals surface area contributed by atoms with E-state index in [0.717, 1.165) is 28.1 Å². The van der Waals surface area contributed by atoms with Gasteiger partial charge >= 0.3 is 0 Å². The molecule has 1 amide bonds. The summed E-state index contributed by atoms with van der Waals surface area (Å²) in [4.78, 5) is 19.7. The summed E-state index contributed by atoms with van der Waals surface area (Å²) in [5, 5.41) is 0. The number of benzene rings is 3. The molecular formula is C28H24N2O3. The SMILES string of the molecule is COc1cc(CN2C(=O)c3ccccc3C2Cc2ccccn2)ccc1Oc1ccccc1. The number of carbonyl (C=O) groups excluding carboxylic acids is 1. The summed E-state index contributed by atoms with van der Waals surface area (Å²) < 4.78 is 11.6. The second-order valence-corrected chi connectivity index (χ2v) is 7.96. The number of hydrogen-bond donors (Lipinski definition) is 0. The number of para-hydroxylation sites is 1. The largest absolute Gasteiger partial charge is 0.493 e. The third-order valence-electron chi connectivity index (χ3n) is 5.87. The average Bonchev–Trinajstić information content (AvgIpc) is 3.12. The molecular weight excluding hydrogens is 412 g/mol. The molecule has 1 unspecified atom stereocenters. The predicted molar refractivity (Wildman–Crippen MR) is 127 cm³/mol. The third kappa shape index (κ3) is 4.30. The maximum absolute atomic E-state index is 13.3. The van der Waals surface area contributed by atoms with Gasteiger partial charge in [-0.25, -0.2) is 0 Å². The Bertz CT molecular complexity index is 1260. The van der Waals surface area contributed by atoms with Crippen molar-refractivity contribution in [3.05, 3.63) is 120 Å². The van der Waals surface area contributed by atoms with E-state index in [0.29, 0.717) is 24.5 Å². The molecule has 3 aromatic carbocycles. The molecule has 1 aliphatic heterocycles. The van der Waals surface area contributed by atoms with Crippen molar-refractivity contribution in [3.8, 4) is 17.2 Å². The van der Waals surface area contributed by atoms with Gasteiger partial charge in [0.2, 0.25) is 0 Å². The molecule has 164 valence electrons. The molecule has 5 nitrogen and oxygen atoms in total. The average molecular weight is 437 g/mol. The lowest BCUT2D eigenvalue weighted by Gasteiger charge is -2.26. The number of hydrogen-bond acceptors (Lipinski definition) is 4. The molecule has 4 aromatic rings. The van der Waals surface area contributed by atoms with Crippen LogP contribution in [0.2, 0.25) is 0 Å². The zero-order valence-corrected chi connectivity index (χ0v) is 18.3. The van der Waals surface area contributed by atoms with Gasteiger partial charge in [-0.1, -0.05) is 48.5 Å². The Morgan fingerprint density at radius 1 is 0.879 bits per heavy atom. The number of rotatable bonds is 7. The van der Waals surface area contributed by atoms with Crippen molar-refractivity contribution in [2.24, 2.45) is 0 Å². The molecule has 0 saturated heterocycles. The van der Waals surface area contributed by atoms with Gasteiger partial charge in [0.05, 0.1) is 13.2 Å². The van der Waals surface area contributed by atoms with Crippen LogP contribution in [0, 0.1) is 0 Å². The Labute approximate surface area is 193 Å². The topological polar surface area (TPSA) is 51.7 Å². The Morgan fingerprint density at radius 3 is 2.45 bits per heavy atom. The third-order valence-corrected chi connectivity index (χ3v) is 5.87. The Kier molecular flexibility index (Phi) is 5.77. The van der Waals surface area contributed by atoms with Crippen LogP contribution >= 0.6 is 0 Å². The Balaban J connectivity index is 1.42. The smallest absolute Gasteiger partial charge is 0.255 e. The van der Waals surface area contributed by atoms with E-state index in [9.17, 15) is 4.79 Å². The highest BCUT2D eigenvalue weighted by Gasteiger charge is 2.36. The van der Waals surface area contributed by atoms with Crippen molar-refractivity contribution in [2.45, 2.75) is 19.0 Å². The maximum Gasteiger partial charge on any atom is 0.255 e. The lowest BCUT2D eigenvalue weighted by atomic mass is 10.0. The van der Waals surface area contributed by atoms with Gasteiger partial charge in [0.25, 0.3) is 5.91 Å². The van der Waals surface area contributed by atoms with Crippen LogP contribution in [-0.2, 0) is 13.0 Å². The molecule has 0 saturated carbocycles. The highest BCUT2D eigenvalue weighted by atomic mass is 16.5. The molecule has 0 fully saturated rings. The Morgan fingerprint density at radius 2 is 1.67 bits per heavy atom. The molecule has 1 aliphatic rings. The van der Waals surface area contributed by atoms with E-state index in [4.69, 9.17) is 9.47 Å². The fourth-order valence-corrected chi connectivity index (χ4v) is 4.27. The van der Waals surface area contributed by atoms with Crippen molar-refractivity contribution in [3.63, 3.8) is 0 Å². The minimum atomic E-state index is -0.0742.